The van der Waals surface area contributed by atoms with Gasteiger partial charge in [-0.2, -0.15) is 0 Å². The minimum atomic E-state index is -0.760. The van der Waals surface area contributed by atoms with Crippen molar-refractivity contribution in [2.24, 2.45) is 5.92 Å². The van der Waals surface area contributed by atoms with Crippen molar-refractivity contribution in [2.45, 2.75) is 32.8 Å². The topological polar surface area (TPSA) is 67.4 Å². The molecule has 5 nitrogen and oxygen atoms in total. The standard InChI is InChI=1S/C15H20N2O3/c1-10(2)7-8-16-14(18)9-13-15(19)17-11-5-3-4-6-12(11)20-13/h3-6,10,13H,7-9H2,1-2H3,(H,16,18)(H,17,19). The van der Waals surface area contributed by atoms with Crippen molar-refractivity contribution in [1.82, 2.24) is 5.32 Å². The van der Waals surface area contributed by atoms with E-state index in [0.717, 1.165) is 6.42 Å². The van der Waals surface area contributed by atoms with Gasteiger partial charge in [0, 0.05) is 6.54 Å². The number of amides is 2. The summed E-state index contributed by atoms with van der Waals surface area (Å²) in [6.45, 7) is 4.82. The van der Waals surface area contributed by atoms with Crippen LogP contribution in [0.2, 0.25) is 0 Å². The van der Waals surface area contributed by atoms with Gasteiger partial charge in [-0.25, -0.2) is 0 Å². The quantitative estimate of drug-likeness (QED) is 0.863. The molecule has 0 aliphatic carbocycles. The first-order valence-electron chi connectivity index (χ1n) is 6.89. The van der Waals surface area contributed by atoms with E-state index in [1.165, 1.54) is 0 Å². The van der Waals surface area contributed by atoms with E-state index in [1.807, 2.05) is 12.1 Å². The molecule has 0 bridgehead atoms. The van der Waals surface area contributed by atoms with Gasteiger partial charge < -0.3 is 15.4 Å². The Morgan fingerprint density at radius 1 is 1.40 bits per heavy atom. The number of carbonyl (C=O) groups excluding carboxylic acids is 2. The van der Waals surface area contributed by atoms with Gasteiger partial charge in [0.15, 0.2) is 6.10 Å². The van der Waals surface area contributed by atoms with Crippen molar-refractivity contribution in [3.05, 3.63) is 24.3 Å². The van der Waals surface area contributed by atoms with E-state index in [1.54, 1.807) is 12.1 Å². The van der Waals surface area contributed by atoms with Crippen molar-refractivity contribution >= 4 is 17.5 Å². The summed E-state index contributed by atoms with van der Waals surface area (Å²) in [6, 6.07) is 7.20. The van der Waals surface area contributed by atoms with E-state index >= 15 is 0 Å². The summed E-state index contributed by atoms with van der Waals surface area (Å²) in [4.78, 5) is 23.6. The second-order valence-corrected chi connectivity index (χ2v) is 5.33. The molecular weight excluding hydrogens is 256 g/mol. The molecule has 1 aliphatic heterocycles. The molecule has 1 atom stereocenters. The first-order chi connectivity index (χ1) is 9.56. The zero-order chi connectivity index (χ0) is 14.5. The first-order valence-corrected chi connectivity index (χ1v) is 6.89. The maximum Gasteiger partial charge on any atom is 0.266 e. The zero-order valence-electron chi connectivity index (χ0n) is 11.8. The van der Waals surface area contributed by atoms with Crippen LogP contribution in [-0.4, -0.2) is 24.5 Å². The van der Waals surface area contributed by atoms with Crippen molar-refractivity contribution < 1.29 is 14.3 Å². The maximum absolute atomic E-state index is 11.9. The number of hydrogen-bond acceptors (Lipinski definition) is 3. The highest BCUT2D eigenvalue weighted by Gasteiger charge is 2.29. The van der Waals surface area contributed by atoms with Gasteiger partial charge in [-0.3, -0.25) is 9.59 Å². The Bertz CT molecular complexity index is 500. The molecule has 108 valence electrons. The lowest BCUT2D eigenvalue weighted by Gasteiger charge is -2.25. The lowest BCUT2D eigenvalue weighted by molar-refractivity contribution is -0.130. The molecular formula is C15H20N2O3. The average Bonchev–Trinajstić information content (AvgIpc) is 2.39. The van der Waals surface area contributed by atoms with Crippen molar-refractivity contribution in [3.63, 3.8) is 0 Å². The summed E-state index contributed by atoms with van der Waals surface area (Å²) in [7, 11) is 0. The summed E-state index contributed by atoms with van der Waals surface area (Å²) < 4.78 is 5.57. The molecule has 0 spiro atoms. The fraction of sp³-hybridized carbons (Fsp3) is 0.467. The van der Waals surface area contributed by atoms with Crippen LogP contribution in [0.3, 0.4) is 0 Å². The van der Waals surface area contributed by atoms with Gasteiger partial charge in [-0.05, 0) is 24.5 Å². The maximum atomic E-state index is 11.9. The average molecular weight is 276 g/mol. The van der Waals surface area contributed by atoms with E-state index in [2.05, 4.69) is 24.5 Å². The third-order valence-electron chi connectivity index (χ3n) is 3.12. The number of carbonyl (C=O) groups is 2. The fourth-order valence-corrected chi connectivity index (χ4v) is 1.97. The van der Waals surface area contributed by atoms with E-state index in [9.17, 15) is 9.59 Å². The third-order valence-corrected chi connectivity index (χ3v) is 3.12. The van der Waals surface area contributed by atoms with Crippen LogP contribution < -0.4 is 15.4 Å². The Morgan fingerprint density at radius 2 is 2.15 bits per heavy atom. The highest BCUT2D eigenvalue weighted by Crippen LogP contribution is 2.29. The highest BCUT2D eigenvalue weighted by molar-refractivity contribution is 5.99. The van der Waals surface area contributed by atoms with Crippen molar-refractivity contribution in [2.75, 3.05) is 11.9 Å². The summed E-state index contributed by atoms with van der Waals surface area (Å²) in [5, 5.41) is 5.55. The molecule has 20 heavy (non-hydrogen) atoms. The molecule has 5 heteroatoms. The number of hydrogen-bond donors (Lipinski definition) is 2. The number of rotatable bonds is 5. The number of ether oxygens (including phenoxy) is 1. The van der Waals surface area contributed by atoms with Gasteiger partial charge >= 0.3 is 0 Å². The molecule has 2 amide bonds. The molecule has 1 aliphatic rings. The van der Waals surface area contributed by atoms with Gasteiger partial charge in [-0.15, -0.1) is 0 Å². The normalized spacial score (nSPS) is 17.1. The Hall–Kier alpha value is -2.04. The van der Waals surface area contributed by atoms with Crippen molar-refractivity contribution in [1.29, 1.82) is 0 Å². The molecule has 0 fully saturated rings. The second-order valence-electron chi connectivity index (χ2n) is 5.33. The first kappa shape index (κ1) is 14.4. The Morgan fingerprint density at radius 3 is 2.90 bits per heavy atom. The van der Waals surface area contributed by atoms with Crippen LogP contribution in [0.5, 0.6) is 5.75 Å². The van der Waals surface area contributed by atoms with Gasteiger partial charge in [-0.1, -0.05) is 26.0 Å². The molecule has 0 aromatic heterocycles. The highest BCUT2D eigenvalue weighted by atomic mass is 16.5. The zero-order valence-corrected chi connectivity index (χ0v) is 11.8. The molecule has 1 heterocycles. The number of para-hydroxylation sites is 2. The lowest BCUT2D eigenvalue weighted by Crippen LogP contribution is -2.41. The smallest absolute Gasteiger partial charge is 0.266 e. The molecule has 2 rings (SSSR count). The molecule has 2 N–H and O–H groups in total. The summed E-state index contributed by atoms with van der Waals surface area (Å²) in [5.41, 5.74) is 0.647. The fourth-order valence-electron chi connectivity index (χ4n) is 1.97. The van der Waals surface area contributed by atoms with E-state index < -0.39 is 6.10 Å². The molecule has 1 unspecified atom stereocenters. The molecule has 0 saturated carbocycles. The monoisotopic (exact) mass is 276 g/mol. The predicted octanol–water partition coefficient (Wildman–Crippen LogP) is 1.94. The number of benzene rings is 1. The van der Waals surface area contributed by atoms with E-state index in [4.69, 9.17) is 4.74 Å². The number of nitrogens with one attached hydrogen (secondary N) is 2. The van der Waals surface area contributed by atoms with Gasteiger partial charge in [0.2, 0.25) is 5.91 Å². The molecule has 0 radical (unpaired) electrons. The largest absolute Gasteiger partial charge is 0.478 e. The Balaban J connectivity index is 1.87. The van der Waals surface area contributed by atoms with Crippen LogP contribution >= 0.6 is 0 Å². The molecule has 1 aromatic rings. The minimum absolute atomic E-state index is 0.0399. The van der Waals surface area contributed by atoms with Gasteiger partial charge in [0.05, 0.1) is 12.1 Å². The van der Waals surface area contributed by atoms with Crippen LogP contribution in [0.25, 0.3) is 0 Å². The van der Waals surface area contributed by atoms with Crippen LogP contribution in [0, 0.1) is 5.92 Å². The Kier molecular flexibility index (Phi) is 4.61. The van der Waals surface area contributed by atoms with Crippen LogP contribution in [0.15, 0.2) is 24.3 Å². The lowest BCUT2D eigenvalue weighted by atomic mass is 10.1. The third kappa shape index (κ3) is 3.73. The van der Waals surface area contributed by atoms with E-state index in [-0.39, 0.29) is 18.2 Å². The number of anilines is 1. The molecule has 0 saturated heterocycles. The Labute approximate surface area is 118 Å². The molecule has 1 aromatic carbocycles. The summed E-state index contributed by atoms with van der Waals surface area (Å²) in [6.07, 6.45) is 0.203. The predicted molar refractivity (Wildman–Crippen MR) is 76.6 cm³/mol. The second kappa shape index (κ2) is 6.41. The summed E-state index contributed by atoms with van der Waals surface area (Å²) in [5.74, 6) is 0.705. The van der Waals surface area contributed by atoms with Gasteiger partial charge in [0.1, 0.15) is 5.75 Å². The SMILES string of the molecule is CC(C)CCNC(=O)CC1Oc2ccccc2NC1=O. The van der Waals surface area contributed by atoms with Crippen molar-refractivity contribution in [3.8, 4) is 5.75 Å². The summed E-state index contributed by atoms with van der Waals surface area (Å²) >= 11 is 0. The number of fused-ring (bicyclic) bond motifs is 1. The van der Waals surface area contributed by atoms with Crippen LogP contribution in [0.1, 0.15) is 26.7 Å². The van der Waals surface area contributed by atoms with Crippen LogP contribution in [-0.2, 0) is 9.59 Å². The van der Waals surface area contributed by atoms with Crippen LogP contribution in [0.4, 0.5) is 5.69 Å². The minimum Gasteiger partial charge on any atom is -0.478 e. The van der Waals surface area contributed by atoms with Gasteiger partial charge in [0.25, 0.3) is 5.91 Å². The van der Waals surface area contributed by atoms with E-state index in [0.29, 0.717) is 23.9 Å².